The summed E-state index contributed by atoms with van der Waals surface area (Å²) in [6, 6.07) is 0. The first-order valence-corrected chi connectivity index (χ1v) is 5.96. The van der Waals surface area contributed by atoms with Crippen LogP contribution in [0.3, 0.4) is 0 Å². The molecular weight excluding hydrogens is 327 g/mol. The molecule has 0 radical (unpaired) electrons. The van der Waals surface area contributed by atoms with Gasteiger partial charge in [-0.3, -0.25) is 4.79 Å². The average molecular weight is 336 g/mol. The van der Waals surface area contributed by atoms with Crippen molar-refractivity contribution in [3.8, 4) is 0 Å². The van der Waals surface area contributed by atoms with Gasteiger partial charge in [-0.1, -0.05) is 11.8 Å². The highest BCUT2D eigenvalue weighted by molar-refractivity contribution is 8.13. The normalized spacial score (nSPS) is 15.6. The average Bonchev–Trinajstić information content (AvgIpc) is 2.27. The summed E-state index contributed by atoms with van der Waals surface area (Å²) in [5.74, 6) is -19.6. The number of rotatable bonds is 7. The van der Waals surface area contributed by atoms with Crippen LogP contribution in [0.1, 0.15) is 13.3 Å². The van der Waals surface area contributed by atoms with E-state index in [0.717, 1.165) is 6.92 Å². The monoisotopic (exact) mass is 336 g/mol. The summed E-state index contributed by atoms with van der Waals surface area (Å²) in [4.78, 5) is 10.4. The van der Waals surface area contributed by atoms with E-state index in [2.05, 4.69) is 0 Å². The molecule has 0 saturated carbocycles. The zero-order valence-electron chi connectivity index (χ0n) is 9.79. The van der Waals surface area contributed by atoms with Crippen molar-refractivity contribution in [2.24, 2.45) is 0 Å². The van der Waals surface area contributed by atoms with E-state index in [4.69, 9.17) is 0 Å². The summed E-state index contributed by atoms with van der Waals surface area (Å²) < 4.78 is 113. The van der Waals surface area contributed by atoms with Gasteiger partial charge in [0.15, 0.2) is 11.3 Å². The fraction of sp³-hybridized carbons (Fsp3) is 0.889. The van der Waals surface area contributed by atoms with Crippen LogP contribution >= 0.6 is 11.8 Å². The molecule has 0 aliphatic carbocycles. The third-order valence-electron chi connectivity index (χ3n) is 2.18. The van der Waals surface area contributed by atoms with Crippen LogP contribution < -0.4 is 0 Å². The lowest BCUT2D eigenvalue weighted by Gasteiger charge is -2.33. The molecule has 0 amide bonds. The Morgan fingerprint density at radius 1 is 1.00 bits per heavy atom. The number of hydrogen-bond acceptors (Lipinski definition) is 2. The van der Waals surface area contributed by atoms with Crippen molar-refractivity contribution < 1.29 is 44.3 Å². The summed E-state index contributed by atoms with van der Waals surface area (Å²) in [7, 11) is 0. The molecule has 0 N–H and O–H groups in total. The Bertz CT molecular complexity index is 344. The molecule has 0 heterocycles. The highest BCUT2D eigenvalue weighted by atomic mass is 32.2. The largest absolute Gasteiger partial charge is 0.380 e. The van der Waals surface area contributed by atoms with Gasteiger partial charge in [0.05, 0.1) is 0 Å². The van der Waals surface area contributed by atoms with Gasteiger partial charge >= 0.3 is 24.2 Å². The van der Waals surface area contributed by atoms with Gasteiger partial charge in [0.1, 0.15) is 0 Å². The second kappa shape index (κ2) is 6.44. The van der Waals surface area contributed by atoms with Gasteiger partial charge in [-0.2, -0.15) is 26.3 Å². The van der Waals surface area contributed by atoms with Gasteiger partial charge in [-0.25, -0.2) is 13.2 Å². The Morgan fingerprint density at radius 2 is 1.45 bits per heavy atom. The maximum atomic E-state index is 13.0. The van der Waals surface area contributed by atoms with Crippen molar-refractivity contribution in [2.75, 3.05) is 5.75 Å². The van der Waals surface area contributed by atoms with E-state index < -0.39 is 47.7 Å². The minimum absolute atomic E-state index is 0.307. The van der Waals surface area contributed by atoms with Crippen LogP contribution in [0.4, 0.5) is 39.5 Å². The van der Waals surface area contributed by atoms with E-state index >= 15 is 0 Å². The van der Waals surface area contributed by atoms with E-state index in [9.17, 15) is 44.3 Å². The Hall–Kier alpha value is -0.610. The summed E-state index contributed by atoms with van der Waals surface area (Å²) in [6.45, 7) is 0.982. The van der Waals surface area contributed by atoms with Crippen molar-refractivity contribution in [3.05, 3.63) is 0 Å². The minimum atomic E-state index is -6.56. The van der Waals surface area contributed by atoms with Crippen LogP contribution in [0.25, 0.3) is 0 Å². The fourth-order valence-corrected chi connectivity index (χ4v) is 1.66. The van der Waals surface area contributed by atoms with Gasteiger partial charge in [0, 0.05) is 12.7 Å². The Balaban J connectivity index is 5.04. The number of thioether (sulfide) groups is 1. The Labute approximate surface area is 111 Å². The molecule has 0 fully saturated rings. The molecule has 0 aliphatic rings. The number of alkyl halides is 9. The van der Waals surface area contributed by atoms with Crippen molar-refractivity contribution >= 4 is 16.9 Å². The molecule has 0 rings (SSSR count). The van der Waals surface area contributed by atoms with E-state index in [1.165, 1.54) is 0 Å². The fourth-order valence-electron chi connectivity index (χ4n) is 1.04. The number of carbonyl (C=O) groups excluding carboxylic acids is 1. The first-order valence-electron chi connectivity index (χ1n) is 4.97. The highest BCUT2D eigenvalue weighted by Gasteiger charge is 2.77. The topological polar surface area (TPSA) is 17.1 Å². The lowest BCUT2D eigenvalue weighted by atomic mass is 9.99. The second-order valence-electron chi connectivity index (χ2n) is 3.72. The quantitative estimate of drug-likeness (QED) is 0.649. The molecule has 0 aromatic rings. The third-order valence-corrected chi connectivity index (χ3v) is 3.03. The molecule has 0 spiro atoms. The standard InChI is InChI=1S/C9H9F9OS/c1-4(19)20-3-2-5(10)7(13,14)9(17,18)8(15,16)6(11)12/h5-6H,2-3H2,1H3. The Kier molecular flexibility index (Phi) is 6.24. The molecule has 20 heavy (non-hydrogen) atoms. The smallest absolute Gasteiger partial charge is 0.288 e. The van der Waals surface area contributed by atoms with Crippen molar-refractivity contribution in [1.82, 2.24) is 0 Å². The zero-order chi connectivity index (χ0) is 16.4. The van der Waals surface area contributed by atoms with E-state index in [1.807, 2.05) is 0 Å². The summed E-state index contributed by atoms with van der Waals surface area (Å²) in [6.07, 6.45) is -10.2. The first-order chi connectivity index (χ1) is 8.78. The van der Waals surface area contributed by atoms with Gasteiger partial charge in [-0.05, 0) is 6.42 Å². The van der Waals surface area contributed by atoms with Crippen molar-refractivity contribution in [3.63, 3.8) is 0 Å². The molecule has 1 nitrogen and oxygen atoms in total. The summed E-state index contributed by atoms with van der Waals surface area (Å²) in [5.41, 5.74) is 0. The molecule has 120 valence electrons. The van der Waals surface area contributed by atoms with Crippen LogP contribution in [0.2, 0.25) is 0 Å². The van der Waals surface area contributed by atoms with Gasteiger partial charge < -0.3 is 0 Å². The molecule has 1 unspecified atom stereocenters. The highest BCUT2D eigenvalue weighted by Crippen LogP contribution is 2.51. The predicted octanol–water partition coefficient (Wildman–Crippen LogP) is 4.17. The van der Waals surface area contributed by atoms with Crippen molar-refractivity contribution in [1.29, 1.82) is 0 Å². The zero-order valence-corrected chi connectivity index (χ0v) is 10.6. The molecule has 0 aliphatic heterocycles. The number of hydrogen-bond donors (Lipinski definition) is 0. The lowest BCUT2D eigenvalue weighted by Crippen LogP contribution is -2.61. The molecular formula is C9H9F9OS. The SMILES string of the molecule is CC(=O)SCCC(F)C(F)(F)C(F)(F)C(F)(F)C(F)F. The van der Waals surface area contributed by atoms with Crippen LogP contribution in [0.15, 0.2) is 0 Å². The maximum Gasteiger partial charge on any atom is 0.380 e. The molecule has 11 heteroatoms. The molecule has 0 saturated heterocycles. The Morgan fingerprint density at radius 3 is 1.80 bits per heavy atom. The van der Waals surface area contributed by atoms with E-state index in [0.29, 0.717) is 11.8 Å². The van der Waals surface area contributed by atoms with Gasteiger partial charge in [0.2, 0.25) is 0 Å². The minimum Gasteiger partial charge on any atom is -0.288 e. The lowest BCUT2D eigenvalue weighted by molar-refractivity contribution is -0.350. The van der Waals surface area contributed by atoms with Gasteiger partial charge in [-0.15, -0.1) is 0 Å². The van der Waals surface area contributed by atoms with Crippen LogP contribution in [-0.4, -0.2) is 41.2 Å². The maximum absolute atomic E-state index is 13.0. The van der Waals surface area contributed by atoms with Crippen LogP contribution in [-0.2, 0) is 4.79 Å². The molecule has 0 aromatic carbocycles. The first kappa shape index (κ1) is 19.4. The van der Waals surface area contributed by atoms with Crippen LogP contribution in [0, 0.1) is 0 Å². The number of carbonyl (C=O) groups is 1. The van der Waals surface area contributed by atoms with Gasteiger partial charge in [0.25, 0.3) is 0 Å². The molecule has 0 aromatic heterocycles. The molecule has 0 bridgehead atoms. The summed E-state index contributed by atoms with van der Waals surface area (Å²) in [5, 5.41) is -0.634. The summed E-state index contributed by atoms with van der Waals surface area (Å²) >= 11 is 0.307. The number of halogens is 9. The van der Waals surface area contributed by atoms with Crippen molar-refractivity contribution in [2.45, 2.75) is 43.7 Å². The van der Waals surface area contributed by atoms with E-state index in [1.54, 1.807) is 0 Å². The molecule has 1 atom stereocenters. The second-order valence-corrected chi connectivity index (χ2v) is 4.99. The third kappa shape index (κ3) is 3.73. The predicted molar refractivity (Wildman–Crippen MR) is 53.5 cm³/mol. The van der Waals surface area contributed by atoms with E-state index in [-0.39, 0.29) is 0 Å². The van der Waals surface area contributed by atoms with Crippen LogP contribution in [0.5, 0.6) is 0 Å².